The molecule has 5 nitrogen and oxygen atoms in total. The fourth-order valence-corrected chi connectivity index (χ4v) is 6.39. The van der Waals surface area contributed by atoms with Gasteiger partial charge in [0, 0.05) is 30.1 Å². The SMILES string of the molecule is CC(C)COC(=O)c1ccc2c(c1)N(C[C@@H]1CC[C@]1(C)CO)C[C@@]1(CCCc3cc(Cl)ccc31)CO2. The number of hydrogen-bond acceptors (Lipinski definition) is 5. The van der Waals surface area contributed by atoms with Gasteiger partial charge in [-0.15, -0.1) is 0 Å². The topological polar surface area (TPSA) is 59.0 Å². The lowest BCUT2D eigenvalue weighted by Crippen LogP contribution is -2.51. The molecule has 0 radical (unpaired) electrons. The van der Waals surface area contributed by atoms with Gasteiger partial charge < -0.3 is 19.5 Å². The molecule has 6 heteroatoms. The van der Waals surface area contributed by atoms with Gasteiger partial charge in [-0.1, -0.05) is 38.4 Å². The number of ether oxygens (including phenoxy) is 2. The Morgan fingerprint density at radius 2 is 2.08 bits per heavy atom. The second kappa shape index (κ2) is 9.90. The number of anilines is 1. The van der Waals surface area contributed by atoms with E-state index >= 15 is 0 Å². The van der Waals surface area contributed by atoms with E-state index in [0.29, 0.717) is 24.7 Å². The van der Waals surface area contributed by atoms with Crippen LogP contribution in [0.2, 0.25) is 5.02 Å². The average Bonchev–Trinajstić information content (AvgIpc) is 3.01. The summed E-state index contributed by atoms with van der Waals surface area (Å²) >= 11 is 6.36. The molecule has 0 saturated heterocycles. The number of aliphatic hydroxyl groups excluding tert-OH is 1. The lowest BCUT2D eigenvalue weighted by Gasteiger charge is -2.49. The maximum Gasteiger partial charge on any atom is 0.338 e. The first kappa shape index (κ1) is 25.4. The largest absolute Gasteiger partial charge is 0.490 e. The van der Waals surface area contributed by atoms with Crippen molar-refractivity contribution in [3.63, 3.8) is 0 Å². The van der Waals surface area contributed by atoms with Crippen molar-refractivity contribution < 1.29 is 19.4 Å². The van der Waals surface area contributed by atoms with Crippen LogP contribution >= 0.6 is 11.6 Å². The van der Waals surface area contributed by atoms with Crippen LogP contribution in [0, 0.1) is 17.3 Å². The highest BCUT2D eigenvalue weighted by molar-refractivity contribution is 6.30. The number of carbonyl (C=O) groups excluding carboxylic acids is 1. The molecular formula is C30H38ClNO4. The van der Waals surface area contributed by atoms with Crippen molar-refractivity contribution in [3.8, 4) is 5.75 Å². The Kier molecular flexibility index (Phi) is 6.99. The monoisotopic (exact) mass is 511 g/mol. The van der Waals surface area contributed by atoms with Crippen molar-refractivity contribution in [3.05, 3.63) is 58.1 Å². The normalized spacial score (nSPS) is 27.1. The Morgan fingerprint density at radius 3 is 2.81 bits per heavy atom. The van der Waals surface area contributed by atoms with Crippen LogP contribution in [0.5, 0.6) is 5.75 Å². The molecule has 1 aliphatic heterocycles. The highest BCUT2D eigenvalue weighted by Gasteiger charge is 2.46. The summed E-state index contributed by atoms with van der Waals surface area (Å²) in [5, 5.41) is 10.9. The van der Waals surface area contributed by atoms with Crippen molar-refractivity contribution in [2.75, 3.05) is 37.8 Å². The van der Waals surface area contributed by atoms with Gasteiger partial charge in [-0.2, -0.15) is 0 Å². The number of hydrogen-bond donors (Lipinski definition) is 1. The number of rotatable bonds is 6. The molecule has 1 spiro atoms. The first-order chi connectivity index (χ1) is 17.2. The predicted octanol–water partition coefficient (Wildman–Crippen LogP) is 6.03. The van der Waals surface area contributed by atoms with Gasteiger partial charge in [0.1, 0.15) is 5.75 Å². The number of nitrogens with zero attached hydrogens (tertiary/aromatic N) is 1. The number of halogens is 1. The van der Waals surface area contributed by atoms with Crippen LogP contribution in [0.4, 0.5) is 5.69 Å². The number of aliphatic hydroxyl groups is 1. The Bertz CT molecular complexity index is 1130. The van der Waals surface area contributed by atoms with E-state index in [0.717, 1.165) is 61.7 Å². The summed E-state index contributed by atoms with van der Waals surface area (Å²) in [4.78, 5) is 15.2. The first-order valence-corrected chi connectivity index (χ1v) is 13.7. The highest BCUT2D eigenvalue weighted by Crippen LogP contribution is 2.49. The molecule has 2 aliphatic carbocycles. The van der Waals surface area contributed by atoms with E-state index in [9.17, 15) is 9.90 Å². The third-order valence-corrected chi connectivity index (χ3v) is 8.91. The molecule has 0 unspecified atom stereocenters. The van der Waals surface area contributed by atoms with Crippen molar-refractivity contribution in [2.45, 2.75) is 58.3 Å². The highest BCUT2D eigenvalue weighted by atomic mass is 35.5. The van der Waals surface area contributed by atoms with Crippen LogP contribution in [-0.2, 0) is 16.6 Å². The molecule has 2 aromatic carbocycles. The molecular weight excluding hydrogens is 474 g/mol. The molecule has 2 aromatic rings. The van der Waals surface area contributed by atoms with Crippen molar-refractivity contribution in [1.29, 1.82) is 0 Å². The van der Waals surface area contributed by atoms with Crippen LogP contribution in [0.15, 0.2) is 36.4 Å². The molecule has 1 fully saturated rings. The minimum atomic E-state index is -0.299. The number of fused-ring (bicyclic) bond motifs is 3. The van der Waals surface area contributed by atoms with Crippen LogP contribution < -0.4 is 9.64 Å². The Hall–Kier alpha value is -2.24. The van der Waals surface area contributed by atoms with Crippen LogP contribution in [-0.4, -0.2) is 44.0 Å². The maximum atomic E-state index is 12.8. The van der Waals surface area contributed by atoms with E-state index in [4.69, 9.17) is 21.1 Å². The van der Waals surface area contributed by atoms with Gasteiger partial charge in [0.15, 0.2) is 0 Å². The summed E-state index contributed by atoms with van der Waals surface area (Å²) in [5.41, 5.74) is 3.91. The molecule has 3 aliphatic rings. The van der Waals surface area contributed by atoms with Crippen molar-refractivity contribution in [1.82, 2.24) is 0 Å². The zero-order valence-electron chi connectivity index (χ0n) is 21.7. The van der Waals surface area contributed by atoms with E-state index in [1.54, 1.807) is 0 Å². The minimum absolute atomic E-state index is 0.0632. The Balaban J connectivity index is 1.52. The fourth-order valence-electron chi connectivity index (χ4n) is 6.19. The molecule has 0 aromatic heterocycles. The lowest BCUT2D eigenvalue weighted by molar-refractivity contribution is -0.00580. The van der Waals surface area contributed by atoms with E-state index in [2.05, 4.69) is 24.0 Å². The maximum absolute atomic E-state index is 12.8. The lowest BCUT2D eigenvalue weighted by atomic mass is 9.61. The summed E-state index contributed by atoms with van der Waals surface area (Å²) in [6.45, 7) is 9.06. The quantitative estimate of drug-likeness (QED) is 0.479. The van der Waals surface area contributed by atoms with Gasteiger partial charge in [-0.25, -0.2) is 4.79 Å². The van der Waals surface area contributed by atoms with Gasteiger partial charge in [0.05, 0.1) is 24.5 Å². The van der Waals surface area contributed by atoms with Gasteiger partial charge in [-0.05, 0) is 90.8 Å². The smallest absolute Gasteiger partial charge is 0.338 e. The third-order valence-electron chi connectivity index (χ3n) is 8.67. The summed E-state index contributed by atoms with van der Waals surface area (Å²) in [5.74, 6) is 1.17. The van der Waals surface area contributed by atoms with E-state index in [1.165, 1.54) is 11.1 Å². The standard InChI is InChI=1S/C30H38ClNO4/c1-20(2)16-35-28(34)22-6-9-27-26(14-22)32(15-23-10-12-29(23,3)18-33)17-30(19-36-27)11-4-5-21-13-24(31)7-8-25(21)30/h6-9,13-14,20,23,33H,4-5,10-12,15-19H2,1-3H3/t23-,29+,30-/m0/s1. The number of esters is 1. The molecule has 1 heterocycles. The number of benzene rings is 2. The molecule has 36 heavy (non-hydrogen) atoms. The van der Waals surface area contributed by atoms with Crippen LogP contribution in [0.25, 0.3) is 0 Å². The third kappa shape index (κ3) is 4.72. The zero-order valence-corrected chi connectivity index (χ0v) is 22.4. The fraction of sp³-hybridized carbons (Fsp3) is 0.567. The van der Waals surface area contributed by atoms with Crippen molar-refractivity contribution >= 4 is 23.3 Å². The molecule has 5 rings (SSSR count). The van der Waals surface area contributed by atoms with Crippen LogP contribution in [0.1, 0.15) is 67.9 Å². The summed E-state index contributed by atoms with van der Waals surface area (Å²) < 4.78 is 12.1. The van der Waals surface area contributed by atoms with Gasteiger partial charge in [-0.3, -0.25) is 0 Å². The van der Waals surface area contributed by atoms with Gasteiger partial charge in [0.2, 0.25) is 0 Å². The zero-order chi connectivity index (χ0) is 25.5. The Labute approximate surface area is 219 Å². The average molecular weight is 512 g/mol. The van der Waals surface area contributed by atoms with E-state index < -0.39 is 0 Å². The Morgan fingerprint density at radius 1 is 1.25 bits per heavy atom. The molecule has 3 atom stereocenters. The van der Waals surface area contributed by atoms with E-state index in [1.807, 2.05) is 38.1 Å². The molecule has 194 valence electrons. The summed E-state index contributed by atoms with van der Waals surface area (Å²) in [6, 6.07) is 12.0. The molecule has 1 saturated carbocycles. The molecule has 1 N–H and O–H groups in total. The first-order valence-electron chi connectivity index (χ1n) is 13.3. The van der Waals surface area contributed by atoms with E-state index in [-0.39, 0.29) is 29.3 Å². The minimum Gasteiger partial charge on any atom is -0.490 e. The van der Waals surface area contributed by atoms with Gasteiger partial charge >= 0.3 is 5.97 Å². The molecule has 0 amide bonds. The summed E-state index contributed by atoms with van der Waals surface area (Å²) in [7, 11) is 0. The number of aryl methyl sites for hydroxylation is 1. The number of carbonyl (C=O) groups is 1. The molecule has 0 bridgehead atoms. The van der Waals surface area contributed by atoms with Crippen molar-refractivity contribution in [2.24, 2.45) is 17.3 Å². The second-order valence-corrected chi connectivity index (χ2v) is 12.3. The van der Waals surface area contributed by atoms with Crippen LogP contribution in [0.3, 0.4) is 0 Å². The predicted molar refractivity (Wildman–Crippen MR) is 143 cm³/mol. The second-order valence-electron chi connectivity index (χ2n) is 11.8. The van der Waals surface area contributed by atoms with Gasteiger partial charge in [0.25, 0.3) is 0 Å². The summed E-state index contributed by atoms with van der Waals surface area (Å²) in [6.07, 6.45) is 5.29.